The molecule has 0 bridgehead atoms. The fourth-order valence-electron chi connectivity index (χ4n) is 3.14. The molecule has 1 aromatic heterocycles. The molecule has 0 radical (unpaired) electrons. The highest BCUT2D eigenvalue weighted by Crippen LogP contribution is 2.33. The minimum atomic E-state index is 0.208. The summed E-state index contributed by atoms with van der Waals surface area (Å²) in [5.41, 5.74) is 12.8. The van der Waals surface area contributed by atoms with Gasteiger partial charge in [0.25, 0.3) is 0 Å². The van der Waals surface area contributed by atoms with Crippen molar-refractivity contribution < 1.29 is 0 Å². The van der Waals surface area contributed by atoms with Crippen molar-refractivity contribution in [1.82, 2.24) is 4.57 Å². The molecule has 1 heterocycles. The summed E-state index contributed by atoms with van der Waals surface area (Å²) in [6.07, 6.45) is 3.43. The fourth-order valence-corrected chi connectivity index (χ4v) is 3.62. The number of nitrogens with two attached hydrogens (primary N) is 1. The van der Waals surface area contributed by atoms with Gasteiger partial charge in [0.2, 0.25) is 0 Å². The van der Waals surface area contributed by atoms with E-state index in [1.165, 1.54) is 34.6 Å². The van der Waals surface area contributed by atoms with Gasteiger partial charge in [-0.3, -0.25) is 0 Å². The first-order valence-electron chi connectivity index (χ1n) is 6.81. The van der Waals surface area contributed by atoms with Crippen LogP contribution in [0.15, 0.2) is 28.7 Å². The smallest absolute Gasteiger partial charge is 0.0485 e. The van der Waals surface area contributed by atoms with E-state index in [-0.39, 0.29) is 6.04 Å². The van der Waals surface area contributed by atoms with Crippen molar-refractivity contribution in [2.45, 2.75) is 39.2 Å². The second kappa shape index (κ2) is 4.80. The summed E-state index contributed by atoms with van der Waals surface area (Å²) in [7, 11) is 0. The molecule has 3 rings (SSSR count). The zero-order chi connectivity index (χ0) is 13.6. The molecular formula is C16H19BrN2. The summed E-state index contributed by atoms with van der Waals surface area (Å²) < 4.78 is 3.51. The maximum Gasteiger partial charge on any atom is 0.0485 e. The van der Waals surface area contributed by atoms with Crippen LogP contribution in [0.1, 0.15) is 41.4 Å². The number of hydrogen-bond donors (Lipinski definition) is 1. The molecule has 0 saturated heterocycles. The summed E-state index contributed by atoms with van der Waals surface area (Å²) >= 11 is 3.53. The third-order valence-corrected chi connectivity index (χ3v) is 4.54. The summed E-state index contributed by atoms with van der Waals surface area (Å²) in [6.45, 7) is 4.33. The minimum absolute atomic E-state index is 0.208. The molecule has 1 unspecified atom stereocenters. The van der Waals surface area contributed by atoms with Crippen LogP contribution in [-0.4, -0.2) is 4.57 Å². The maximum atomic E-state index is 6.25. The first kappa shape index (κ1) is 12.9. The van der Waals surface area contributed by atoms with Gasteiger partial charge >= 0.3 is 0 Å². The first-order chi connectivity index (χ1) is 9.08. The molecule has 0 amide bonds. The molecule has 0 spiro atoms. The number of benzene rings is 1. The number of nitrogens with zero attached hydrogens (tertiary/aromatic N) is 1. The Morgan fingerprint density at radius 2 is 2.05 bits per heavy atom. The summed E-state index contributed by atoms with van der Waals surface area (Å²) in [4.78, 5) is 0. The quantitative estimate of drug-likeness (QED) is 0.839. The number of aromatic nitrogens is 1. The van der Waals surface area contributed by atoms with E-state index in [2.05, 4.69) is 58.6 Å². The van der Waals surface area contributed by atoms with Crippen molar-refractivity contribution in [3.63, 3.8) is 0 Å². The van der Waals surface area contributed by atoms with Crippen LogP contribution in [0.4, 0.5) is 0 Å². The summed E-state index contributed by atoms with van der Waals surface area (Å²) in [6, 6.07) is 8.94. The third kappa shape index (κ3) is 2.15. The van der Waals surface area contributed by atoms with Gasteiger partial charge in [-0.05, 0) is 68.5 Å². The molecule has 100 valence electrons. The molecule has 0 saturated carbocycles. The number of hydrogen-bond acceptors (Lipinski definition) is 1. The Hall–Kier alpha value is -1.06. The van der Waals surface area contributed by atoms with E-state index in [1.807, 2.05) is 0 Å². The van der Waals surface area contributed by atoms with Gasteiger partial charge < -0.3 is 10.3 Å². The lowest BCUT2D eigenvalue weighted by atomic mass is 9.93. The average molecular weight is 319 g/mol. The topological polar surface area (TPSA) is 30.9 Å². The normalized spacial score (nSPS) is 18.4. The zero-order valence-corrected chi connectivity index (χ0v) is 13.0. The molecule has 1 atom stereocenters. The van der Waals surface area contributed by atoms with E-state index in [1.54, 1.807) is 0 Å². The standard InChI is InChI=1S/C16H19BrN2/c1-10-8-12(17)6-7-15(10)19-11(2)9-13-14(18)4-3-5-16(13)19/h6-9,14H,3-5,18H2,1-2H3. The fraction of sp³-hybridized carbons (Fsp3) is 0.375. The maximum absolute atomic E-state index is 6.25. The highest BCUT2D eigenvalue weighted by molar-refractivity contribution is 9.10. The number of aryl methyl sites for hydroxylation is 2. The SMILES string of the molecule is Cc1cc(Br)ccc1-n1c(C)cc2c1CCCC2N. The number of halogens is 1. The van der Waals surface area contributed by atoms with E-state index in [0.29, 0.717) is 0 Å². The van der Waals surface area contributed by atoms with Crippen LogP contribution in [0.3, 0.4) is 0 Å². The Labute approximate surface area is 122 Å². The van der Waals surface area contributed by atoms with Gasteiger partial charge in [-0.1, -0.05) is 15.9 Å². The van der Waals surface area contributed by atoms with Crippen LogP contribution in [0.25, 0.3) is 5.69 Å². The van der Waals surface area contributed by atoms with E-state index in [0.717, 1.165) is 17.3 Å². The lowest BCUT2D eigenvalue weighted by Gasteiger charge is -2.22. The first-order valence-corrected chi connectivity index (χ1v) is 7.60. The number of rotatable bonds is 1. The Morgan fingerprint density at radius 1 is 1.26 bits per heavy atom. The molecule has 19 heavy (non-hydrogen) atoms. The monoisotopic (exact) mass is 318 g/mol. The van der Waals surface area contributed by atoms with Gasteiger partial charge in [0.05, 0.1) is 0 Å². The molecule has 0 aliphatic heterocycles. The van der Waals surface area contributed by atoms with Crippen molar-refractivity contribution in [1.29, 1.82) is 0 Å². The molecule has 0 fully saturated rings. The average Bonchev–Trinajstić information content (AvgIpc) is 2.68. The van der Waals surface area contributed by atoms with Gasteiger partial charge in [-0.25, -0.2) is 0 Å². The molecule has 3 heteroatoms. The molecule has 1 aliphatic carbocycles. The molecule has 2 N–H and O–H groups in total. The van der Waals surface area contributed by atoms with Gasteiger partial charge in [0, 0.05) is 27.6 Å². The third-order valence-electron chi connectivity index (χ3n) is 4.05. The van der Waals surface area contributed by atoms with Crippen LogP contribution in [0.2, 0.25) is 0 Å². The van der Waals surface area contributed by atoms with Crippen LogP contribution in [0.5, 0.6) is 0 Å². The minimum Gasteiger partial charge on any atom is -0.324 e. The van der Waals surface area contributed by atoms with Crippen molar-refractivity contribution in [2.75, 3.05) is 0 Å². The Morgan fingerprint density at radius 3 is 2.79 bits per heavy atom. The highest BCUT2D eigenvalue weighted by Gasteiger charge is 2.23. The van der Waals surface area contributed by atoms with E-state index >= 15 is 0 Å². The zero-order valence-electron chi connectivity index (χ0n) is 11.4. The Bertz CT molecular complexity index is 628. The Balaban J connectivity index is 2.20. The van der Waals surface area contributed by atoms with Crippen molar-refractivity contribution in [3.05, 3.63) is 51.3 Å². The van der Waals surface area contributed by atoms with Crippen molar-refractivity contribution in [2.24, 2.45) is 5.73 Å². The van der Waals surface area contributed by atoms with Crippen molar-refractivity contribution >= 4 is 15.9 Å². The Kier molecular flexibility index (Phi) is 3.27. The molecule has 1 aliphatic rings. The summed E-state index contributed by atoms with van der Waals surface area (Å²) in [5.74, 6) is 0. The van der Waals surface area contributed by atoms with Crippen molar-refractivity contribution in [3.8, 4) is 5.69 Å². The van der Waals surface area contributed by atoms with Gasteiger partial charge in [-0.2, -0.15) is 0 Å². The molecule has 1 aromatic carbocycles. The predicted octanol–water partition coefficient (Wildman–Crippen LogP) is 4.19. The summed E-state index contributed by atoms with van der Waals surface area (Å²) in [5, 5.41) is 0. The molecule has 2 nitrogen and oxygen atoms in total. The van der Waals surface area contributed by atoms with E-state index in [9.17, 15) is 0 Å². The highest BCUT2D eigenvalue weighted by atomic mass is 79.9. The second-order valence-electron chi connectivity index (χ2n) is 5.45. The lowest BCUT2D eigenvalue weighted by Crippen LogP contribution is -2.18. The largest absolute Gasteiger partial charge is 0.324 e. The number of fused-ring (bicyclic) bond motifs is 1. The van der Waals surface area contributed by atoms with Gasteiger partial charge in [-0.15, -0.1) is 0 Å². The van der Waals surface area contributed by atoms with E-state index < -0.39 is 0 Å². The van der Waals surface area contributed by atoms with Crippen LogP contribution < -0.4 is 5.73 Å². The molecular weight excluding hydrogens is 300 g/mol. The van der Waals surface area contributed by atoms with Gasteiger partial charge in [0.1, 0.15) is 0 Å². The molecule has 2 aromatic rings. The predicted molar refractivity (Wildman–Crippen MR) is 82.8 cm³/mol. The van der Waals surface area contributed by atoms with E-state index in [4.69, 9.17) is 5.73 Å². The van der Waals surface area contributed by atoms with Crippen LogP contribution >= 0.6 is 15.9 Å². The van der Waals surface area contributed by atoms with Crippen LogP contribution in [-0.2, 0) is 6.42 Å². The second-order valence-corrected chi connectivity index (χ2v) is 6.37. The lowest BCUT2D eigenvalue weighted by molar-refractivity contribution is 0.559. The van der Waals surface area contributed by atoms with Gasteiger partial charge in [0.15, 0.2) is 0 Å². The van der Waals surface area contributed by atoms with Crippen LogP contribution in [0, 0.1) is 13.8 Å².